The van der Waals surface area contributed by atoms with E-state index in [-0.39, 0.29) is 13.1 Å². The monoisotopic (exact) mass is 259 g/mol. The molecule has 0 unspecified atom stereocenters. The van der Waals surface area contributed by atoms with Crippen molar-refractivity contribution < 1.29 is 28.9 Å². The Bertz CT molecular complexity index is 363. The van der Waals surface area contributed by atoms with E-state index in [1.54, 1.807) is 20.8 Å². The topological polar surface area (TPSA) is 85.3 Å². The van der Waals surface area contributed by atoms with Crippen LogP contribution in [0.25, 0.3) is 0 Å². The molecule has 1 amide bonds. The van der Waals surface area contributed by atoms with Gasteiger partial charge >= 0.3 is 12.1 Å². The van der Waals surface area contributed by atoms with Gasteiger partial charge in [0.25, 0.3) is 0 Å². The van der Waals surface area contributed by atoms with Crippen LogP contribution in [0.15, 0.2) is 0 Å². The van der Waals surface area contributed by atoms with Crippen LogP contribution in [0.2, 0.25) is 0 Å². The number of fused-ring (bicyclic) bond motifs is 2. The summed E-state index contributed by atoms with van der Waals surface area (Å²) < 4.78 is 15.7. The fourth-order valence-corrected chi connectivity index (χ4v) is 1.94. The van der Waals surface area contributed by atoms with Crippen molar-refractivity contribution in [2.24, 2.45) is 0 Å². The van der Waals surface area contributed by atoms with E-state index in [1.807, 2.05) is 0 Å². The number of nitrogens with zero attached hydrogens (tertiary/aromatic N) is 1. The lowest BCUT2D eigenvalue weighted by Gasteiger charge is -2.32. The summed E-state index contributed by atoms with van der Waals surface area (Å²) in [4.78, 5) is 24.2. The van der Waals surface area contributed by atoms with Gasteiger partial charge in [0, 0.05) is 0 Å². The Kier molecular flexibility index (Phi) is 3.20. The van der Waals surface area contributed by atoms with Crippen LogP contribution in [0.3, 0.4) is 0 Å². The highest BCUT2D eigenvalue weighted by atomic mass is 16.7. The highest BCUT2D eigenvalue weighted by Crippen LogP contribution is 2.27. The molecule has 2 aliphatic rings. The first-order valence-corrected chi connectivity index (χ1v) is 5.78. The molecule has 2 rings (SSSR count). The third-order valence-electron chi connectivity index (χ3n) is 2.63. The second kappa shape index (κ2) is 4.40. The number of ether oxygens (including phenoxy) is 3. The number of hydrogen-bond acceptors (Lipinski definition) is 5. The summed E-state index contributed by atoms with van der Waals surface area (Å²) in [7, 11) is 0. The molecule has 7 nitrogen and oxygen atoms in total. The van der Waals surface area contributed by atoms with Crippen molar-refractivity contribution in [3.8, 4) is 0 Å². The molecule has 0 aromatic carbocycles. The van der Waals surface area contributed by atoms with Crippen LogP contribution in [0.4, 0.5) is 4.79 Å². The Morgan fingerprint density at radius 3 is 2.50 bits per heavy atom. The molecule has 2 fully saturated rings. The van der Waals surface area contributed by atoms with E-state index >= 15 is 0 Å². The molecule has 102 valence electrons. The molecule has 2 aliphatic heterocycles. The van der Waals surface area contributed by atoms with Crippen LogP contribution in [-0.2, 0) is 19.0 Å². The number of carbonyl (C=O) groups excluding carboxylic acids is 1. The fraction of sp³-hybridized carbons (Fsp3) is 0.818. The van der Waals surface area contributed by atoms with Crippen molar-refractivity contribution in [1.82, 2.24) is 4.90 Å². The number of aliphatic carboxylic acids is 1. The quantitative estimate of drug-likeness (QED) is 0.735. The minimum Gasteiger partial charge on any atom is -0.479 e. The number of morpholine rings is 1. The molecule has 2 saturated heterocycles. The Labute approximate surface area is 105 Å². The van der Waals surface area contributed by atoms with Gasteiger partial charge in [-0.05, 0) is 20.8 Å². The summed E-state index contributed by atoms with van der Waals surface area (Å²) >= 11 is 0. The van der Waals surface area contributed by atoms with Crippen LogP contribution in [0.1, 0.15) is 20.8 Å². The van der Waals surface area contributed by atoms with E-state index in [1.165, 1.54) is 4.90 Å². The van der Waals surface area contributed by atoms with E-state index in [0.717, 1.165) is 0 Å². The second-order valence-corrected chi connectivity index (χ2v) is 5.38. The first-order chi connectivity index (χ1) is 8.26. The van der Waals surface area contributed by atoms with Crippen molar-refractivity contribution in [1.29, 1.82) is 0 Å². The van der Waals surface area contributed by atoms with Gasteiger partial charge in [-0.15, -0.1) is 0 Å². The maximum absolute atomic E-state index is 11.9. The molecular weight excluding hydrogens is 242 g/mol. The summed E-state index contributed by atoms with van der Waals surface area (Å²) in [5.41, 5.74) is -0.582. The van der Waals surface area contributed by atoms with E-state index in [4.69, 9.17) is 19.3 Å². The maximum atomic E-state index is 11.9. The van der Waals surface area contributed by atoms with E-state index in [9.17, 15) is 9.59 Å². The van der Waals surface area contributed by atoms with Crippen molar-refractivity contribution in [3.05, 3.63) is 0 Å². The predicted molar refractivity (Wildman–Crippen MR) is 59.0 cm³/mol. The zero-order valence-corrected chi connectivity index (χ0v) is 10.6. The average Bonchev–Trinajstić information content (AvgIpc) is 2.51. The summed E-state index contributed by atoms with van der Waals surface area (Å²) in [6, 6.07) is 0. The van der Waals surface area contributed by atoms with Crippen LogP contribution < -0.4 is 0 Å². The molecule has 0 aromatic rings. The van der Waals surface area contributed by atoms with Crippen LogP contribution in [-0.4, -0.2) is 59.3 Å². The van der Waals surface area contributed by atoms with Gasteiger partial charge in [-0.3, -0.25) is 0 Å². The van der Waals surface area contributed by atoms with E-state index < -0.39 is 36.2 Å². The molecule has 0 aromatic heterocycles. The lowest BCUT2D eigenvalue weighted by Crippen LogP contribution is -2.49. The highest BCUT2D eigenvalue weighted by molar-refractivity contribution is 5.74. The smallest absolute Gasteiger partial charge is 0.410 e. The number of rotatable bonds is 1. The van der Waals surface area contributed by atoms with Crippen LogP contribution in [0, 0.1) is 0 Å². The van der Waals surface area contributed by atoms with E-state index in [2.05, 4.69) is 0 Å². The van der Waals surface area contributed by atoms with E-state index in [0.29, 0.717) is 0 Å². The third-order valence-corrected chi connectivity index (χ3v) is 2.63. The largest absolute Gasteiger partial charge is 0.479 e. The average molecular weight is 259 g/mol. The molecular formula is C11H17NO6. The minimum atomic E-state index is -1.08. The zero-order chi connectivity index (χ0) is 13.5. The first-order valence-electron chi connectivity index (χ1n) is 5.78. The van der Waals surface area contributed by atoms with Gasteiger partial charge in [-0.1, -0.05) is 0 Å². The first kappa shape index (κ1) is 13.1. The molecule has 2 bridgehead atoms. The van der Waals surface area contributed by atoms with Gasteiger partial charge in [0.2, 0.25) is 0 Å². The molecule has 0 aliphatic carbocycles. The van der Waals surface area contributed by atoms with Gasteiger partial charge in [-0.25, -0.2) is 9.59 Å². The SMILES string of the molecule is CC(C)(C)OC(=O)N1C[C@H]2O[C@@H](C1)[C@@H](C(=O)O)O2. The standard InChI is InChI=1S/C11H17NO6/c1-11(2,3)18-10(15)12-4-6-8(9(13)14)17-7(5-12)16-6/h6-8H,4-5H2,1-3H3,(H,13,14)/t6-,7-,8-/m0/s1. The number of carboxylic acid groups (broad SMARTS) is 1. The van der Waals surface area contributed by atoms with Gasteiger partial charge in [-0.2, -0.15) is 0 Å². The lowest BCUT2D eigenvalue weighted by atomic mass is 10.2. The lowest BCUT2D eigenvalue weighted by molar-refractivity contribution is -0.150. The van der Waals surface area contributed by atoms with Gasteiger partial charge in [0.1, 0.15) is 11.7 Å². The number of carbonyl (C=O) groups is 2. The predicted octanol–water partition coefficient (Wildman–Crippen LogP) is 0.432. The van der Waals surface area contributed by atoms with Crippen molar-refractivity contribution in [3.63, 3.8) is 0 Å². The maximum Gasteiger partial charge on any atom is 0.410 e. The zero-order valence-electron chi connectivity index (χ0n) is 10.6. The molecule has 2 heterocycles. The Balaban J connectivity index is 1.99. The highest BCUT2D eigenvalue weighted by Gasteiger charge is 2.47. The van der Waals surface area contributed by atoms with Gasteiger partial charge in [0.05, 0.1) is 13.1 Å². The summed E-state index contributed by atoms with van der Waals surface area (Å²) in [6.45, 7) is 5.68. The van der Waals surface area contributed by atoms with Gasteiger partial charge < -0.3 is 24.2 Å². The molecule has 0 radical (unpaired) electrons. The number of amides is 1. The molecule has 0 saturated carbocycles. The Morgan fingerprint density at radius 1 is 1.28 bits per heavy atom. The van der Waals surface area contributed by atoms with Crippen molar-refractivity contribution in [2.75, 3.05) is 13.1 Å². The summed E-state index contributed by atoms with van der Waals surface area (Å²) in [5, 5.41) is 8.93. The van der Waals surface area contributed by atoms with Gasteiger partial charge in [0.15, 0.2) is 12.4 Å². The molecule has 7 heteroatoms. The minimum absolute atomic E-state index is 0.169. The molecule has 1 N–H and O–H groups in total. The Morgan fingerprint density at radius 2 is 1.94 bits per heavy atom. The molecule has 18 heavy (non-hydrogen) atoms. The second-order valence-electron chi connectivity index (χ2n) is 5.38. The van der Waals surface area contributed by atoms with Crippen molar-refractivity contribution in [2.45, 2.75) is 44.9 Å². The van der Waals surface area contributed by atoms with Crippen molar-refractivity contribution >= 4 is 12.1 Å². The Hall–Kier alpha value is -1.34. The fourth-order valence-electron chi connectivity index (χ4n) is 1.94. The van der Waals surface area contributed by atoms with Crippen LogP contribution >= 0.6 is 0 Å². The van der Waals surface area contributed by atoms with Crippen LogP contribution in [0.5, 0.6) is 0 Å². The molecule has 0 spiro atoms. The summed E-state index contributed by atoms with van der Waals surface area (Å²) in [5.74, 6) is -1.08. The third kappa shape index (κ3) is 2.73. The number of carboxylic acids is 1. The number of hydrogen-bond donors (Lipinski definition) is 1. The normalized spacial score (nSPS) is 31.3. The summed E-state index contributed by atoms with van der Waals surface area (Å²) in [6.07, 6.45) is -2.80. The molecule has 3 atom stereocenters.